The maximum Gasteiger partial charge on any atom is 0.138 e. The number of nitrogen functional groups attached to an aromatic ring is 1. The molecule has 0 aliphatic heterocycles. The molecule has 0 spiro atoms. The van der Waals surface area contributed by atoms with Gasteiger partial charge < -0.3 is 10.5 Å². The minimum atomic E-state index is 0.428. The van der Waals surface area contributed by atoms with Crippen molar-refractivity contribution >= 4 is 17.4 Å². The topological polar surface area (TPSA) is 48.1 Å². The van der Waals surface area contributed by atoms with Crippen molar-refractivity contribution in [3.8, 4) is 5.75 Å². The second kappa shape index (κ2) is 4.86. The molecule has 16 heavy (non-hydrogen) atoms. The zero-order valence-corrected chi connectivity index (χ0v) is 9.32. The molecule has 2 N–H and O–H groups in total. The van der Waals surface area contributed by atoms with E-state index in [1.807, 2.05) is 24.3 Å². The largest absolute Gasteiger partial charge is 0.487 e. The van der Waals surface area contributed by atoms with Crippen LogP contribution in [0, 0.1) is 0 Å². The number of nitrogens with two attached hydrogens (primary N) is 1. The van der Waals surface area contributed by atoms with Crippen LogP contribution in [0.1, 0.15) is 5.56 Å². The van der Waals surface area contributed by atoms with E-state index in [1.165, 1.54) is 0 Å². The molecular weight excluding hydrogens is 224 g/mol. The van der Waals surface area contributed by atoms with E-state index < -0.39 is 0 Å². The third-order valence-electron chi connectivity index (χ3n) is 2.08. The van der Waals surface area contributed by atoms with Gasteiger partial charge in [-0.2, -0.15) is 0 Å². The van der Waals surface area contributed by atoms with Gasteiger partial charge in [-0.05, 0) is 18.2 Å². The molecule has 0 aliphatic carbocycles. The molecule has 0 amide bonds. The molecule has 0 saturated heterocycles. The molecule has 82 valence electrons. The summed E-state index contributed by atoms with van der Waals surface area (Å²) in [4.78, 5) is 3.98. The fourth-order valence-corrected chi connectivity index (χ4v) is 1.43. The van der Waals surface area contributed by atoms with Crippen molar-refractivity contribution in [1.29, 1.82) is 0 Å². The summed E-state index contributed by atoms with van der Waals surface area (Å²) in [6.45, 7) is 0.428. The number of hydrogen-bond acceptors (Lipinski definition) is 3. The number of pyridine rings is 1. The Morgan fingerprint density at radius 3 is 2.69 bits per heavy atom. The first-order valence-electron chi connectivity index (χ1n) is 4.83. The van der Waals surface area contributed by atoms with Gasteiger partial charge in [0.05, 0.1) is 5.02 Å². The van der Waals surface area contributed by atoms with E-state index in [1.54, 1.807) is 18.3 Å². The van der Waals surface area contributed by atoms with E-state index in [0.717, 1.165) is 5.56 Å². The van der Waals surface area contributed by atoms with E-state index in [0.29, 0.717) is 23.2 Å². The first-order valence-corrected chi connectivity index (χ1v) is 5.21. The Kier molecular flexibility index (Phi) is 3.27. The van der Waals surface area contributed by atoms with E-state index in [4.69, 9.17) is 22.1 Å². The van der Waals surface area contributed by atoms with Gasteiger partial charge in [0.2, 0.25) is 0 Å². The van der Waals surface area contributed by atoms with Gasteiger partial charge in [0.15, 0.2) is 0 Å². The minimum Gasteiger partial charge on any atom is -0.487 e. The minimum absolute atomic E-state index is 0.428. The number of aromatic nitrogens is 1. The molecular formula is C12H11ClN2O. The lowest BCUT2D eigenvalue weighted by Crippen LogP contribution is -1.97. The van der Waals surface area contributed by atoms with Crippen LogP contribution < -0.4 is 10.5 Å². The number of benzene rings is 1. The number of rotatable bonds is 3. The Labute approximate surface area is 98.8 Å². The van der Waals surface area contributed by atoms with Crippen LogP contribution >= 0.6 is 11.6 Å². The normalized spacial score (nSPS) is 10.1. The molecule has 0 aliphatic rings. The SMILES string of the molecule is Nc1ccc(COc2ccccc2Cl)cn1. The Morgan fingerprint density at radius 1 is 1.19 bits per heavy atom. The van der Waals surface area contributed by atoms with Crippen molar-refractivity contribution < 1.29 is 4.74 Å². The molecule has 0 unspecified atom stereocenters. The molecule has 1 aromatic carbocycles. The number of ether oxygens (including phenoxy) is 1. The summed E-state index contributed by atoms with van der Waals surface area (Å²) < 4.78 is 5.55. The highest BCUT2D eigenvalue weighted by Crippen LogP contribution is 2.23. The maximum absolute atomic E-state index is 5.96. The average Bonchev–Trinajstić information content (AvgIpc) is 2.30. The summed E-state index contributed by atoms with van der Waals surface area (Å²) in [5.74, 6) is 1.17. The molecule has 4 heteroatoms. The summed E-state index contributed by atoms with van der Waals surface area (Å²) in [5.41, 5.74) is 6.44. The number of anilines is 1. The number of halogens is 1. The van der Waals surface area contributed by atoms with Crippen molar-refractivity contribution in [1.82, 2.24) is 4.98 Å². The molecule has 2 rings (SSSR count). The predicted octanol–water partition coefficient (Wildman–Crippen LogP) is 2.90. The van der Waals surface area contributed by atoms with Gasteiger partial charge in [-0.3, -0.25) is 0 Å². The van der Waals surface area contributed by atoms with Crippen LogP contribution in [0.3, 0.4) is 0 Å². The van der Waals surface area contributed by atoms with Crippen molar-refractivity contribution in [2.24, 2.45) is 0 Å². The average molecular weight is 235 g/mol. The molecule has 0 atom stereocenters. The van der Waals surface area contributed by atoms with Crippen LogP contribution in [0.2, 0.25) is 5.02 Å². The van der Waals surface area contributed by atoms with Gasteiger partial charge in [-0.25, -0.2) is 4.98 Å². The van der Waals surface area contributed by atoms with E-state index in [9.17, 15) is 0 Å². The second-order valence-corrected chi connectivity index (χ2v) is 3.72. The number of hydrogen-bond donors (Lipinski definition) is 1. The smallest absolute Gasteiger partial charge is 0.138 e. The van der Waals surface area contributed by atoms with Crippen LogP contribution in [-0.4, -0.2) is 4.98 Å². The zero-order valence-electron chi connectivity index (χ0n) is 8.56. The van der Waals surface area contributed by atoms with Gasteiger partial charge in [-0.1, -0.05) is 29.8 Å². The highest BCUT2D eigenvalue weighted by molar-refractivity contribution is 6.32. The molecule has 1 aromatic heterocycles. The van der Waals surface area contributed by atoms with Crippen molar-refractivity contribution in [3.63, 3.8) is 0 Å². The van der Waals surface area contributed by atoms with Crippen LogP contribution in [0.5, 0.6) is 5.75 Å². The van der Waals surface area contributed by atoms with Crippen LogP contribution in [0.25, 0.3) is 0 Å². The third kappa shape index (κ3) is 2.64. The molecule has 0 fully saturated rings. The lowest BCUT2D eigenvalue weighted by molar-refractivity contribution is 0.306. The van der Waals surface area contributed by atoms with Crippen molar-refractivity contribution in [2.75, 3.05) is 5.73 Å². The van der Waals surface area contributed by atoms with Gasteiger partial charge >= 0.3 is 0 Å². The summed E-state index contributed by atoms with van der Waals surface area (Å²) in [5, 5.41) is 0.603. The lowest BCUT2D eigenvalue weighted by Gasteiger charge is -2.07. The van der Waals surface area contributed by atoms with Gasteiger partial charge in [0, 0.05) is 11.8 Å². The quantitative estimate of drug-likeness (QED) is 0.888. The molecule has 3 nitrogen and oxygen atoms in total. The summed E-state index contributed by atoms with van der Waals surface area (Å²) in [6, 6.07) is 11.0. The molecule has 2 aromatic rings. The fraction of sp³-hybridized carbons (Fsp3) is 0.0833. The first kappa shape index (κ1) is 10.8. The van der Waals surface area contributed by atoms with Crippen LogP contribution in [0.15, 0.2) is 42.6 Å². The Hall–Kier alpha value is -1.74. The van der Waals surface area contributed by atoms with Gasteiger partial charge in [0.25, 0.3) is 0 Å². The standard InChI is InChI=1S/C12H11ClN2O/c13-10-3-1-2-4-11(10)16-8-9-5-6-12(14)15-7-9/h1-7H,8H2,(H2,14,15). The summed E-state index contributed by atoms with van der Waals surface area (Å²) in [6.07, 6.45) is 1.69. The zero-order chi connectivity index (χ0) is 11.4. The van der Waals surface area contributed by atoms with Crippen LogP contribution in [-0.2, 0) is 6.61 Å². The van der Waals surface area contributed by atoms with Crippen molar-refractivity contribution in [3.05, 3.63) is 53.2 Å². The van der Waals surface area contributed by atoms with Crippen molar-refractivity contribution in [2.45, 2.75) is 6.61 Å². The highest BCUT2D eigenvalue weighted by atomic mass is 35.5. The van der Waals surface area contributed by atoms with Gasteiger partial charge in [-0.15, -0.1) is 0 Å². The van der Waals surface area contributed by atoms with E-state index in [-0.39, 0.29) is 0 Å². The van der Waals surface area contributed by atoms with E-state index in [2.05, 4.69) is 4.98 Å². The second-order valence-electron chi connectivity index (χ2n) is 3.31. The molecule has 0 bridgehead atoms. The molecule has 0 saturated carbocycles. The predicted molar refractivity (Wildman–Crippen MR) is 64.4 cm³/mol. The Balaban J connectivity index is 2.02. The van der Waals surface area contributed by atoms with Crippen LogP contribution in [0.4, 0.5) is 5.82 Å². The Morgan fingerprint density at radius 2 is 2.00 bits per heavy atom. The van der Waals surface area contributed by atoms with E-state index >= 15 is 0 Å². The maximum atomic E-state index is 5.96. The molecule has 0 radical (unpaired) electrons. The summed E-state index contributed by atoms with van der Waals surface area (Å²) in [7, 11) is 0. The Bertz CT molecular complexity index is 471. The number of para-hydroxylation sites is 1. The fourth-order valence-electron chi connectivity index (χ4n) is 1.24. The highest BCUT2D eigenvalue weighted by Gasteiger charge is 2.00. The van der Waals surface area contributed by atoms with Gasteiger partial charge in [0.1, 0.15) is 18.2 Å². The summed E-state index contributed by atoms with van der Waals surface area (Å²) >= 11 is 5.96. The number of nitrogens with zero attached hydrogens (tertiary/aromatic N) is 1. The third-order valence-corrected chi connectivity index (χ3v) is 2.39. The molecule has 1 heterocycles. The first-order chi connectivity index (χ1) is 7.75. The monoisotopic (exact) mass is 234 g/mol. The lowest BCUT2D eigenvalue weighted by atomic mass is 10.3.